The predicted molar refractivity (Wildman–Crippen MR) is 109 cm³/mol. The number of fused-ring (bicyclic) bond motifs is 1. The SMILES string of the molecule is COc1cc(C(=O)Nc2c(C)c(C)c3c(c2C)NC(=O)CO3)cc(OC)c1OC. The molecule has 2 amide bonds. The summed E-state index contributed by atoms with van der Waals surface area (Å²) in [5.41, 5.74) is 3.96. The van der Waals surface area contributed by atoms with Gasteiger partial charge in [0.05, 0.1) is 27.0 Å². The van der Waals surface area contributed by atoms with Crippen LogP contribution in [0.4, 0.5) is 11.4 Å². The van der Waals surface area contributed by atoms with Crippen molar-refractivity contribution in [2.24, 2.45) is 0 Å². The molecule has 2 aromatic rings. The van der Waals surface area contributed by atoms with Crippen LogP contribution < -0.4 is 29.6 Å². The van der Waals surface area contributed by atoms with Crippen LogP contribution in [0, 0.1) is 20.8 Å². The van der Waals surface area contributed by atoms with Gasteiger partial charge in [-0.05, 0) is 44.0 Å². The molecule has 0 unspecified atom stereocenters. The highest BCUT2D eigenvalue weighted by atomic mass is 16.5. The Morgan fingerprint density at radius 2 is 1.62 bits per heavy atom. The van der Waals surface area contributed by atoms with E-state index in [-0.39, 0.29) is 18.4 Å². The quantitative estimate of drug-likeness (QED) is 0.800. The highest BCUT2D eigenvalue weighted by molar-refractivity contribution is 6.07. The number of anilines is 2. The summed E-state index contributed by atoms with van der Waals surface area (Å²) < 4.78 is 21.5. The number of carbonyl (C=O) groups is 2. The maximum Gasteiger partial charge on any atom is 0.262 e. The van der Waals surface area contributed by atoms with Gasteiger partial charge < -0.3 is 29.6 Å². The lowest BCUT2D eigenvalue weighted by molar-refractivity contribution is -0.118. The minimum absolute atomic E-state index is 0.0239. The van der Waals surface area contributed by atoms with Crippen LogP contribution in [0.25, 0.3) is 0 Å². The first-order valence-electron chi connectivity index (χ1n) is 9.00. The topological polar surface area (TPSA) is 95.1 Å². The molecule has 0 radical (unpaired) electrons. The van der Waals surface area contributed by atoms with Crippen molar-refractivity contribution in [2.75, 3.05) is 38.6 Å². The molecule has 0 atom stereocenters. The van der Waals surface area contributed by atoms with E-state index in [1.165, 1.54) is 21.3 Å². The molecule has 0 bridgehead atoms. The van der Waals surface area contributed by atoms with Crippen molar-refractivity contribution in [1.82, 2.24) is 0 Å². The Hall–Kier alpha value is -3.42. The third-order valence-corrected chi connectivity index (χ3v) is 5.03. The van der Waals surface area contributed by atoms with Gasteiger partial charge in [0.15, 0.2) is 18.1 Å². The Labute approximate surface area is 169 Å². The second-order valence-electron chi connectivity index (χ2n) is 6.66. The summed E-state index contributed by atoms with van der Waals surface area (Å²) in [6, 6.07) is 3.16. The third kappa shape index (κ3) is 3.53. The Balaban J connectivity index is 2.03. The highest BCUT2D eigenvalue weighted by Gasteiger charge is 2.26. The standard InChI is InChI=1S/C21H24N2O6/c1-10-11(2)19-18(22-16(24)9-29-19)12(3)17(10)23-21(25)13-7-14(26-4)20(28-6)15(8-13)27-5/h7-8H,9H2,1-6H3,(H,22,24)(H,23,25). The van der Waals surface area contributed by atoms with Gasteiger partial charge >= 0.3 is 0 Å². The largest absolute Gasteiger partial charge is 0.493 e. The zero-order valence-electron chi connectivity index (χ0n) is 17.3. The van der Waals surface area contributed by atoms with E-state index in [9.17, 15) is 9.59 Å². The third-order valence-electron chi connectivity index (χ3n) is 5.03. The van der Waals surface area contributed by atoms with Crippen molar-refractivity contribution in [3.63, 3.8) is 0 Å². The zero-order valence-corrected chi connectivity index (χ0v) is 17.3. The Morgan fingerprint density at radius 1 is 1.00 bits per heavy atom. The molecule has 0 aromatic heterocycles. The van der Waals surface area contributed by atoms with Crippen molar-refractivity contribution in [1.29, 1.82) is 0 Å². The first-order chi connectivity index (χ1) is 13.8. The molecular formula is C21H24N2O6. The van der Waals surface area contributed by atoms with E-state index in [0.29, 0.717) is 39.9 Å². The van der Waals surface area contributed by atoms with Crippen molar-refractivity contribution in [3.05, 3.63) is 34.4 Å². The molecule has 29 heavy (non-hydrogen) atoms. The van der Waals surface area contributed by atoms with Gasteiger partial charge in [-0.2, -0.15) is 0 Å². The molecule has 0 aliphatic carbocycles. The number of rotatable bonds is 5. The average Bonchev–Trinajstić information content (AvgIpc) is 2.73. The second kappa shape index (κ2) is 7.90. The Kier molecular flexibility index (Phi) is 5.54. The van der Waals surface area contributed by atoms with Crippen LogP contribution in [0.3, 0.4) is 0 Å². The van der Waals surface area contributed by atoms with Crippen molar-refractivity contribution >= 4 is 23.2 Å². The van der Waals surface area contributed by atoms with E-state index in [2.05, 4.69) is 10.6 Å². The number of ether oxygens (including phenoxy) is 4. The normalized spacial score (nSPS) is 12.4. The van der Waals surface area contributed by atoms with Gasteiger partial charge in [-0.25, -0.2) is 0 Å². The van der Waals surface area contributed by atoms with Crippen LogP contribution in [-0.2, 0) is 4.79 Å². The first-order valence-corrected chi connectivity index (χ1v) is 9.00. The summed E-state index contributed by atoms with van der Waals surface area (Å²) >= 11 is 0. The highest BCUT2D eigenvalue weighted by Crippen LogP contribution is 2.42. The van der Waals surface area contributed by atoms with Crippen LogP contribution in [0.15, 0.2) is 12.1 Å². The number of carbonyl (C=O) groups excluding carboxylic acids is 2. The fourth-order valence-corrected chi connectivity index (χ4v) is 3.35. The van der Waals surface area contributed by atoms with Gasteiger partial charge in [-0.15, -0.1) is 0 Å². The monoisotopic (exact) mass is 400 g/mol. The predicted octanol–water partition coefficient (Wildman–Crippen LogP) is 3.22. The number of amides is 2. The van der Waals surface area contributed by atoms with Crippen molar-refractivity contribution in [3.8, 4) is 23.0 Å². The lowest BCUT2D eigenvalue weighted by Crippen LogP contribution is -2.27. The summed E-state index contributed by atoms with van der Waals surface area (Å²) in [7, 11) is 4.48. The van der Waals surface area contributed by atoms with Crippen LogP contribution in [0.1, 0.15) is 27.0 Å². The molecule has 0 fully saturated rings. The summed E-state index contributed by atoms with van der Waals surface area (Å²) in [5, 5.41) is 5.77. The van der Waals surface area contributed by atoms with E-state index in [0.717, 1.165) is 16.7 Å². The second-order valence-corrected chi connectivity index (χ2v) is 6.66. The van der Waals surface area contributed by atoms with E-state index >= 15 is 0 Å². The molecule has 2 aromatic carbocycles. The molecule has 154 valence electrons. The van der Waals surface area contributed by atoms with Gasteiger partial charge in [-0.1, -0.05) is 0 Å². The number of hydrogen-bond acceptors (Lipinski definition) is 6. The van der Waals surface area contributed by atoms with E-state index < -0.39 is 0 Å². The maximum absolute atomic E-state index is 13.0. The molecule has 1 aliphatic rings. The molecular weight excluding hydrogens is 376 g/mol. The Bertz CT molecular complexity index is 974. The fourth-order valence-electron chi connectivity index (χ4n) is 3.35. The average molecular weight is 400 g/mol. The van der Waals surface area contributed by atoms with Crippen LogP contribution in [0.2, 0.25) is 0 Å². The van der Waals surface area contributed by atoms with E-state index in [1.807, 2.05) is 20.8 Å². The lowest BCUT2D eigenvalue weighted by atomic mass is 9.98. The molecule has 8 heteroatoms. The molecule has 2 N–H and O–H groups in total. The minimum Gasteiger partial charge on any atom is -0.493 e. The molecule has 3 rings (SSSR count). The molecule has 0 saturated heterocycles. The summed E-state index contributed by atoms with van der Waals surface area (Å²) in [6.07, 6.45) is 0. The maximum atomic E-state index is 13.0. The van der Waals surface area contributed by atoms with Gasteiger partial charge in [0.2, 0.25) is 5.75 Å². The number of nitrogens with one attached hydrogen (secondary N) is 2. The molecule has 1 heterocycles. The number of benzene rings is 2. The van der Waals surface area contributed by atoms with Crippen LogP contribution in [-0.4, -0.2) is 39.8 Å². The van der Waals surface area contributed by atoms with Crippen molar-refractivity contribution in [2.45, 2.75) is 20.8 Å². The van der Waals surface area contributed by atoms with E-state index in [1.54, 1.807) is 12.1 Å². The smallest absolute Gasteiger partial charge is 0.262 e. The molecule has 0 spiro atoms. The lowest BCUT2D eigenvalue weighted by Gasteiger charge is -2.26. The summed E-state index contributed by atoms with van der Waals surface area (Å²) in [4.78, 5) is 24.8. The van der Waals surface area contributed by atoms with Gasteiger partial charge in [0.1, 0.15) is 5.75 Å². The minimum atomic E-state index is -0.349. The molecule has 8 nitrogen and oxygen atoms in total. The van der Waals surface area contributed by atoms with Gasteiger partial charge in [-0.3, -0.25) is 9.59 Å². The molecule has 0 saturated carbocycles. The van der Waals surface area contributed by atoms with E-state index in [4.69, 9.17) is 18.9 Å². The van der Waals surface area contributed by atoms with Crippen LogP contribution >= 0.6 is 0 Å². The van der Waals surface area contributed by atoms with Crippen molar-refractivity contribution < 1.29 is 28.5 Å². The number of methoxy groups -OCH3 is 3. The summed E-state index contributed by atoms with van der Waals surface area (Å²) in [6.45, 7) is 5.59. The number of hydrogen-bond donors (Lipinski definition) is 2. The summed E-state index contributed by atoms with van der Waals surface area (Å²) in [5.74, 6) is 1.22. The van der Waals surface area contributed by atoms with Gasteiger partial charge in [0.25, 0.3) is 11.8 Å². The van der Waals surface area contributed by atoms with Gasteiger partial charge in [0, 0.05) is 16.8 Å². The molecule has 1 aliphatic heterocycles. The Morgan fingerprint density at radius 3 is 2.17 bits per heavy atom. The zero-order chi connectivity index (χ0) is 21.3. The fraction of sp³-hybridized carbons (Fsp3) is 0.333. The van der Waals surface area contributed by atoms with Crippen LogP contribution in [0.5, 0.6) is 23.0 Å². The first kappa shape index (κ1) is 20.3.